The molecule has 1 aliphatic rings. The molecule has 1 aromatic carbocycles. The fourth-order valence-corrected chi connectivity index (χ4v) is 4.31. The van der Waals surface area contributed by atoms with Crippen molar-refractivity contribution in [2.24, 2.45) is 5.92 Å². The van der Waals surface area contributed by atoms with Gasteiger partial charge in [-0.05, 0) is 48.9 Å². The number of carbonyl (C=O) groups excluding carboxylic acids is 2. The van der Waals surface area contributed by atoms with E-state index >= 15 is 0 Å². The molecule has 1 amide bonds. The number of rotatable bonds is 7. The molecule has 3 rings (SSSR count). The monoisotopic (exact) mass is 409 g/mol. The first-order valence-electron chi connectivity index (χ1n) is 9.08. The van der Waals surface area contributed by atoms with Crippen LogP contribution in [0.2, 0.25) is 0 Å². The van der Waals surface area contributed by atoms with E-state index in [-0.39, 0.29) is 11.4 Å². The average molecular weight is 409 g/mol. The zero-order valence-corrected chi connectivity index (χ0v) is 16.2. The minimum atomic E-state index is -3.01. The normalized spacial score (nSPS) is 15.8. The Hall–Kier alpha value is -2.48. The number of nitrogens with one attached hydrogen (secondary N) is 1. The van der Waals surface area contributed by atoms with Crippen molar-refractivity contribution >= 4 is 28.9 Å². The van der Waals surface area contributed by atoms with Crippen LogP contribution in [-0.4, -0.2) is 25.1 Å². The molecule has 0 saturated carbocycles. The molecule has 8 heteroatoms. The number of amides is 1. The van der Waals surface area contributed by atoms with Crippen molar-refractivity contribution in [3.05, 3.63) is 45.6 Å². The zero-order chi connectivity index (χ0) is 20.1. The number of thiophene rings is 1. The Balaban J connectivity index is 1.55. The highest BCUT2D eigenvalue weighted by atomic mass is 32.1. The number of carbonyl (C=O) groups is 2. The lowest BCUT2D eigenvalue weighted by Crippen LogP contribution is -2.21. The van der Waals surface area contributed by atoms with Gasteiger partial charge in [0.15, 0.2) is 6.61 Å². The minimum Gasteiger partial charge on any atom is -0.451 e. The summed E-state index contributed by atoms with van der Waals surface area (Å²) in [7, 11) is 0. The van der Waals surface area contributed by atoms with E-state index in [0.29, 0.717) is 10.8 Å². The zero-order valence-electron chi connectivity index (χ0n) is 15.4. The quantitative estimate of drug-likeness (QED) is 0.676. The van der Waals surface area contributed by atoms with Crippen LogP contribution in [0.15, 0.2) is 30.3 Å². The van der Waals surface area contributed by atoms with Gasteiger partial charge in [-0.2, -0.15) is 8.78 Å². The van der Waals surface area contributed by atoms with E-state index in [0.717, 1.165) is 25.7 Å². The summed E-state index contributed by atoms with van der Waals surface area (Å²) < 4.78 is 34.3. The largest absolute Gasteiger partial charge is 0.451 e. The molecule has 1 atom stereocenters. The molecule has 28 heavy (non-hydrogen) atoms. The second-order valence-corrected chi connectivity index (χ2v) is 7.71. The number of alkyl halides is 2. The molecule has 5 nitrogen and oxygen atoms in total. The van der Waals surface area contributed by atoms with Crippen LogP contribution < -0.4 is 10.1 Å². The van der Waals surface area contributed by atoms with E-state index in [1.807, 2.05) is 6.07 Å². The third-order valence-electron chi connectivity index (χ3n) is 4.67. The van der Waals surface area contributed by atoms with Crippen molar-refractivity contribution in [2.45, 2.75) is 39.2 Å². The van der Waals surface area contributed by atoms with Crippen LogP contribution in [0.5, 0.6) is 5.75 Å². The van der Waals surface area contributed by atoms with Gasteiger partial charge in [0, 0.05) is 4.88 Å². The number of halogens is 2. The molecule has 0 bridgehead atoms. The highest BCUT2D eigenvalue weighted by Gasteiger charge is 2.23. The summed E-state index contributed by atoms with van der Waals surface area (Å²) in [6, 6.07) is 7.67. The average Bonchev–Trinajstić information content (AvgIpc) is 3.10. The molecule has 0 aliphatic heterocycles. The Morgan fingerprint density at radius 2 is 2.11 bits per heavy atom. The number of hydrogen-bond acceptors (Lipinski definition) is 5. The molecule has 150 valence electrons. The van der Waals surface area contributed by atoms with Crippen LogP contribution in [0, 0.1) is 5.92 Å². The topological polar surface area (TPSA) is 64.6 Å². The number of benzene rings is 1. The number of fused-ring (bicyclic) bond motifs is 1. The third-order valence-corrected chi connectivity index (χ3v) is 5.89. The summed E-state index contributed by atoms with van der Waals surface area (Å²) in [6.45, 7) is -1.35. The molecular formula is C20H21F2NO4S. The number of hydrogen-bond donors (Lipinski definition) is 1. The number of esters is 1. The number of anilines is 1. The van der Waals surface area contributed by atoms with Gasteiger partial charge in [0.05, 0.1) is 5.69 Å². The number of ether oxygens (including phenoxy) is 2. The SMILES string of the molecule is CCC1CCc2sc(C(=O)OCC(=O)Nc3ccccc3OC(F)F)cc2C1. The fraction of sp³-hybridized carbons (Fsp3) is 0.400. The molecule has 1 aliphatic carbocycles. The maximum atomic E-state index is 12.4. The van der Waals surface area contributed by atoms with E-state index in [1.54, 1.807) is 6.07 Å². The van der Waals surface area contributed by atoms with Gasteiger partial charge < -0.3 is 14.8 Å². The maximum Gasteiger partial charge on any atom is 0.387 e. The van der Waals surface area contributed by atoms with Gasteiger partial charge >= 0.3 is 12.6 Å². The summed E-state index contributed by atoms with van der Waals surface area (Å²) in [5, 5.41) is 2.41. The van der Waals surface area contributed by atoms with E-state index in [4.69, 9.17) is 4.74 Å². The van der Waals surface area contributed by atoms with Crippen LogP contribution in [0.1, 0.15) is 39.9 Å². The van der Waals surface area contributed by atoms with E-state index in [9.17, 15) is 18.4 Å². The first-order chi connectivity index (χ1) is 13.5. The molecular weight excluding hydrogens is 388 g/mol. The van der Waals surface area contributed by atoms with Crippen molar-refractivity contribution < 1.29 is 27.8 Å². The summed E-state index contributed by atoms with van der Waals surface area (Å²) >= 11 is 1.41. The molecule has 1 N–H and O–H groups in total. The van der Waals surface area contributed by atoms with Gasteiger partial charge in [0.2, 0.25) is 0 Å². The van der Waals surface area contributed by atoms with Crippen molar-refractivity contribution in [3.8, 4) is 5.75 Å². The summed E-state index contributed by atoms with van der Waals surface area (Å²) in [4.78, 5) is 26.0. The lowest BCUT2D eigenvalue weighted by Gasteiger charge is -2.19. The lowest BCUT2D eigenvalue weighted by molar-refractivity contribution is -0.119. The summed E-state index contributed by atoms with van der Waals surface area (Å²) in [5.74, 6) is -0.702. The Kier molecular flexibility index (Phi) is 6.61. The van der Waals surface area contributed by atoms with Gasteiger partial charge in [-0.3, -0.25) is 4.79 Å². The van der Waals surface area contributed by atoms with Crippen LogP contribution in [-0.2, 0) is 22.4 Å². The van der Waals surface area contributed by atoms with Crippen LogP contribution in [0.3, 0.4) is 0 Å². The van der Waals surface area contributed by atoms with Crippen LogP contribution in [0.4, 0.5) is 14.5 Å². The molecule has 1 heterocycles. The van der Waals surface area contributed by atoms with Gasteiger partial charge in [0.1, 0.15) is 10.6 Å². The predicted molar refractivity (Wildman–Crippen MR) is 102 cm³/mol. The Morgan fingerprint density at radius 1 is 1.32 bits per heavy atom. The summed E-state index contributed by atoms with van der Waals surface area (Å²) in [6.07, 6.45) is 4.18. The molecule has 0 radical (unpaired) electrons. The second kappa shape index (κ2) is 9.14. The fourth-order valence-electron chi connectivity index (χ4n) is 3.21. The van der Waals surface area contributed by atoms with Gasteiger partial charge in [-0.1, -0.05) is 25.5 Å². The standard InChI is InChI=1S/C20H21F2NO4S/c1-2-12-7-8-16-13(9-12)10-17(28-16)19(25)26-11-18(24)23-14-5-3-4-6-15(14)27-20(21)22/h3-6,10,12,20H,2,7-9,11H2,1H3,(H,23,24). The lowest BCUT2D eigenvalue weighted by atomic mass is 9.87. The second-order valence-electron chi connectivity index (χ2n) is 6.58. The Labute approximate surface area is 165 Å². The predicted octanol–water partition coefficient (Wildman–Crippen LogP) is 4.66. The molecule has 1 aromatic heterocycles. The molecule has 2 aromatic rings. The van der Waals surface area contributed by atoms with Crippen molar-refractivity contribution in [3.63, 3.8) is 0 Å². The first kappa shape index (κ1) is 20.3. The number of para-hydroxylation sites is 2. The molecule has 1 unspecified atom stereocenters. The first-order valence-corrected chi connectivity index (χ1v) is 9.90. The Morgan fingerprint density at radius 3 is 2.86 bits per heavy atom. The maximum absolute atomic E-state index is 12.4. The van der Waals surface area contributed by atoms with Crippen molar-refractivity contribution in [1.82, 2.24) is 0 Å². The minimum absolute atomic E-state index is 0.0843. The number of aryl methyl sites for hydroxylation is 1. The van der Waals surface area contributed by atoms with E-state index in [2.05, 4.69) is 17.0 Å². The van der Waals surface area contributed by atoms with Gasteiger partial charge in [-0.25, -0.2) is 4.79 Å². The van der Waals surface area contributed by atoms with Crippen molar-refractivity contribution in [1.29, 1.82) is 0 Å². The molecule has 0 saturated heterocycles. The summed E-state index contributed by atoms with van der Waals surface area (Å²) in [5.41, 5.74) is 1.28. The third kappa shape index (κ3) is 5.07. The van der Waals surface area contributed by atoms with Gasteiger partial charge in [-0.15, -0.1) is 11.3 Å². The van der Waals surface area contributed by atoms with Crippen LogP contribution in [0.25, 0.3) is 0 Å². The van der Waals surface area contributed by atoms with Crippen LogP contribution >= 0.6 is 11.3 Å². The highest BCUT2D eigenvalue weighted by Crippen LogP contribution is 2.33. The van der Waals surface area contributed by atoms with Gasteiger partial charge in [0.25, 0.3) is 5.91 Å². The van der Waals surface area contributed by atoms with E-state index < -0.39 is 25.1 Å². The highest BCUT2D eigenvalue weighted by molar-refractivity contribution is 7.14. The molecule has 0 fully saturated rings. The van der Waals surface area contributed by atoms with Crippen molar-refractivity contribution in [2.75, 3.05) is 11.9 Å². The van der Waals surface area contributed by atoms with E-state index in [1.165, 1.54) is 40.0 Å². The smallest absolute Gasteiger partial charge is 0.387 e. The molecule has 0 spiro atoms. The Bertz CT molecular complexity index is 852.